The van der Waals surface area contributed by atoms with Crippen LogP contribution in [0.2, 0.25) is 10.0 Å². The molecule has 0 N–H and O–H groups in total. The van der Waals surface area contributed by atoms with Crippen molar-refractivity contribution in [3.8, 4) is 5.75 Å². The molecule has 0 aliphatic heterocycles. The summed E-state index contributed by atoms with van der Waals surface area (Å²) < 4.78 is 5.66. The summed E-state index contributed by atoms with van der Waals surface area (Å²) in [6, 6.07) is 12.5. The SMILES string of the molecule is CCCCCOc1ccc(/C=C/C(=O)c2ccc(Cl)c(Cl)c2)cc1. The van der Waals surface area contributed by atoms with Crippen molar-refractivity contribution in [3.63, 3.8) is 0 Å². The Balaban J connectivity index is 1.93. The maximum atomic E-state index is 12.1. The number of halogens is 2. The maximum Gasteiger partial charge on any atom is 0.185 e. The molecule has 0 fully saturated rings. The van der Waals surface area contributed by atoms with E-state index in [2.05, 4.69) is 6.92 Å². The third kappa shape index (κ3) is 5.70. The van der Waals surface area contributed by atoms with E-state index >= 15 is 0 Å². The first-order chi connectivity index (χ1) is 11.6. The molecule has 4 heteroatoms. The smallest absolute Gasteiger partial charge is 0.185 e. The largest absolute Gasteiger partial charge is 0.494 e. The van der Waals surface area contributed by atoms with Crippen LogP contribution in [0.3, 0.4) is 0 Å². The standard InChI is InChI=1S/C20H20Cl2O2/c1-2-3-4-13-24-17-9-5-15(6-10-17)7-12-20(23)16-8-11-18(21)19(22)14-16/h5-12,14H,2-4,13H2,1H3/b12-7+. The van der Waals surface area contributed by atoms with E-state index in [4.69, 9.17) is 27.9 Å². The second kappa shape index (κ2) is 9.51. The monoisotopic (exact) mass is 362 g/mol. The molecule has 0 aliphatic carbocycles. The molecule has 2 aromatic carbocycles. The zero-order valence-corrected chi connectivity index (χ0v) is 15.1. The summed E-state index contributed by atoms with van der Waals surface area (Å²) in [5.41, 5.74) is 1.45. The van der Waals surface area contributed by atoms with Crippen molar-refractivity contribution in [2.45, 2.75) is 26.2 Å². The second-order valence-electron chi connectivity index (χ2n) is 5.45. The molecule has 0 heterocycles. The molecular weight excluding hydrogens is 343 g/mol. The van der Waals surface area contributed by atoms with Crippen LogP contribution >= 0.6 is 23.2 Å². The van der Waals surface area contributed by atoms with Crippen molar-refractivity contribution in [2.75, 3.05) is 6.61 Å². The van der Waals surface area contributed by atoms with Crippen molar-refractivity contribution >= 4 is 35.1 Å². The van der Waals surface area contributed by atoms with Gasteiger partial charge >= 0.3 is 0 Å². The van der Waals surface area contributed by atoms with E-state index in [1.54, 1.807) is 24.3 Å². The Morgan fingerprint density at radius 3 is 2.46 bits per heavy atom. The van der Waals surface area contributed by atoms with Gasteiger partial charge in [-0.2, -0.15) is 0 Å². The minimum absolute atomic E-state index is 0.117. The van der Waals surface area contributed by atoms with Crippen LogP contribution in [-0.2, 0) is 0 Å². The van der Waals surface area contributed by atoms with Crippen LogP contribution in [0.5, 0.6) is 5.75 Å². The van der Waals surface area contributed by atoms with E-state index in [9.17, 15) is 4.79 Å². The minimum Gasteiger partial charge on any atom is -0.494 e. The number of hydrogen-bond acceptors (Lipinski definition) is 2. The Kier molecular flexibility index (Phi) is 7.36. The Hall–Kier alpha value is -1.77. The minimum atomic E-state index is -0.117. The average Bonchev–Trinajstić information content (AvgIpc) is 2.60. The molecule has 0 atom stereocenters. The fraction of sp³-hybridized carbons (Fsp3) is 0.250. The second-order valence-corrected chi connectivity index (χ2v) is 6.27. The van der Waals surface area contributed by atoms with Crippen molar-refractivity contribution < 1.29 is 9.53 Å². The molecule has 0 saturated carbocycles. The van der Waals surface area contributed by atoms with Crippen LogP contribution in [0.1, 0.15) is 42.1 Å². The van der Waals surface area contributed by atoms with Crippen molar-refractivity contribution in [2.24, 2.45) is 0 Å². The fourth-order valence-electron chi connectivity index (χ4n) is 2.13. The van der Waals surface area contributed by atoms with Gasteiger partial charge in [-0.3, -0.25) is 4.79 Å². The number of unbranched alkanes of at least 4 members (excludes halogenated alkanes) is 2. The van der Waals surface area contributed by atoms with E-state index in [1.165, 1.54) is 18.9 Å². The van der Waals surface area contributed by atoms with Gasteiger partial charge < -0.3 is 4.74 Å². The van der Waals surface area contributed by atoms with Crippen LogP contribution in [-0.4, -0.2) is 12.4 Å². The summed E-state index contributed by atoms with van der Waals surface area (Å²) in [6.45, 7) is 2.90. The Morgan fingerprint density at radius 2 is 1.79 bits per heavy atom. The number of ether oxygens (including phenoxy) is 1. The summed E-state index contributed by atoms with van der Waals surface area (Å²) in [4.78, 5) is 12.1. The summed E-state index contributed by atoms with van der Waals surface area (Å²) >= 11 is 11.8. The first-order valence-corrected chi connectivity index (χ1v) is 8.76. The molecule has 0 radical (unpaired) electrons. The molecular formula is C20H20Cl2O2. The number of carbonyl (C=O) groups excluding carboxylic acids is 1. The van der Waals surface area contributed by atoms with Crippen LogP contribution in [0.4, 0.5) is 0 Å². The van der Waals surface area contributed by atoms with Crippen LogP contribution < -0.4 is 4.74 Å². The molecule has 0 spiro atoms. The maximum absolute atomic E-state index is 12.1. The molecule has 2 nitrogen and oxygen atoms in total. The average molecular weight is 363 g/mol. The van der Waals surface area contributed by atoms with Gasteiger partial charge in [0.05, 0.1) is 16.7 Å². The van der Waals surface area contributed by atoms with Gasteiger partial charge in [-0.25, -0.2) is 0 Å². The number of ketones is 1. The molecule has 126 valence electrons. The molecule has 0 amide bonds. The number of hydrogen-bond donors (Lipinski definition) is 0. The lowest BCUT2D eigenvalue weighted by molar-refractivity contribution is 0.104. The highest BCUT2D eigenvalue weighted by atomic mass is 35.5. The fourth-order valence-corrected chi connectivity index (χ4v) is 2.43. The van der Waals surface area contributed by atoms with Gasteiger partial charge in [-0.15, -0.1) is 0 Å². The van der Waals surface area contributed by atoms with Crippen LogP contribution in [0.25, 0.3) is 6.08 Å². The van der Waals surface area contributed by atoms with Gasteiger partial charge in [0.15, 0.2) is 5.78 Å². The van der Waals surface area contributed by atoms with Crippen molar-refractivity contribution in [1.29, 1.82) is 0 Å². The van der Waals surface area contributed by atoms with E-state index in [0.717, 1.165) is 24.3 Å². The molecule has 0 aromatic heterocycles. The van der Waals surface area contributed by atoms with Gasteiger partial charge in [0.2, 0.25) is 0 Å². The van der Waals surface area contributed by atoms with Gasteiger partial charge in [0.25, 0.3) is 0 Å². The first-order valence-electron chi connectivity index (χ1n) is 8.00. The van der Waals surface area contributed by atoms with Gasteiger partial charge in [-0.1, -0.05) is 61.2 Å². The number of carbonyl (C=O) groups is 1. The van der Waals surface area contributed by atoms with E-state index in [-0.39, 0.29) is 5.78 Å². The van der Waals surface area contributed by atoms with Gasteiger partial charge in [0, 0.05) is 5.56 Å². The summed E-state index contributed by atoms with van der Waals surface area (Å²) in [7, 11) is 0. The molecule has 0 bridgehead atoms. The summed E-state index contributed by atoms with van der Waals surface area (Å²) in [6.07, 6.45) is 6.72. The van der Waals surface area contributed by atoms with E-state index in [1.807, 2.05) is 24.3 Å². The molecule has 0 unspecified atom stereocenters. The molecule has 0 saturated heterocycles. The lowest BCUT2D eigenvalue weighted by Crippen LogP contribution is -1.96. The predicted molar refractivity (Wildman–Crippen MR) is 101 cm³/mol. The zero-order valence-electron chi connectivity index (χ0n) is 13.6. The quantitative estimate of drug-likeness (QED) is 0.306. The van der Waals surface area contributed by atoms with Crippen LogP contribution in [0.15, 0.2) is 48.5 Å². The lowest BCUT2D eigenvalue weighted by Gasteiger charge is -2.05. The van der Waals surface area contributed by atoms with Crippen molar-refractivity contribution in [1.82, 2.24) is 0 Å². The Bertz CT molecular complexity index is 706. The molecule has 2 rings (SSSR count). The molecule has 24 heavy (non-hydrogen) atoms. The highest BCUT2D eigenvalue weighted by Crippen LogP contribution is 2.23. The van der Waals surface area contributed by atoms with Crippen LogP contribution in [0, 0.1) is 0 Å². The molecule has 2 aromatic rings. The van der Waals surface area contributed by atoms with E-state index in [0.29, 0.717) is 15.6 Å². The normalized spacial score (nSPS) is 11.0. The summed E-state index contributed by atoms with van der Waals surface area (Å²) in [5, 5.41) is 0.812. The van der Waals surface area contributed by atoms with E-state index < -0.39 is 0 Å². The number of allylic oxidation sites excluding steroid dienone is 1. The number of rotatable bonds is 8. The van der Waals surface area contributed by atoms with Crippen molar-refractivity contribution in [3.05, 3.63) is 69.7 Å². The Labute approximate surface area is 153 Å². The van der Waals surface area contributed by atoms with Gasteiger partial charge in [-0.05, 0) is 48.4 Å². The predicted octanol–water partition coefficient (Wildman–Crippen LogP) is 6.46. The zero-order chi connectivity index (χ0) is 17.4. The Morgan fingerprint density at radius 1 is 1.04 bits per heavy atom. The highest BCUT2D eigenvalue weighted by Gasteiger charge is 2.05. The number of benzene rings is 2. The topological polar surface area (TPSA) is 26.3 Å². The first kappa shape index (κ1) is 18.6. The summed E-state index contributed by atoms with van der Waals surface area (Å²) in [5.74, 6) is 0.729. The molecule has 0 aliphatic rings. The lowest BCUT2D eigenvalue weighted by atomic mass is 10.1. The van der Waals surface area contributed by atoms with Gasteiger partial charge in [0.1, 0.15) is 5.75 Å². The third-order valence-electron chi connectivity index (χ3n) is 3.53. The third-order valence-corrected chi connectivity index (χ3v) is 4.27. The highest BCUT2D eigenvalue weighted by molar-refractivity contribution is 6.42.